The number of amides is 2. The molecule has 2 heterocycles. The third-order valence-electron chi connectivity index (χ3n) is 4.54. The Labute approximate surface area is 215 Å². The number of non-ortho nitro benzene ring substituents is 1. The van der Waals surface area contributed by atoms with Crippen LogP contribution in [0.5, 0.6) is 0 Å². The number of anilines is 1. The average molecular weight is 574 g/mol. The smallest absolute Gasteiger partial charge is 0.269 e. The number of hydrogen-bond acceptors (Lipinski definition) is 9. The molecule has 4 aromatic rings. The van der Waals surface area contributed by atoms with Gasteiger partial charge in [-0.05, 0) is 36.4 Å². The van der Waals surface area contributed by atoms with Gasteiger partial charge in [0.15, 0.2) is 16.1 Å². The van der Waals surface area contributed by atoms with E-state index in [1.54, 1.807) is 16.1 Å². The van der Waals surface area contributed by atoms with E-state index in [1.165, 1.54) is 47.4 Å². The van der Waals surface area contributed by atoms with E-state index in [4.69, 9.17) is 0 Å². The summed E-state index contributed by atoms with van der Waals surface area (Å²) in [5, 5.41) is 27.5. The maximum Gasteiger partial charge on any atom is 0.269 e. The van der Waals surface area contributed by atoms with Crippen LogP contribution < -0.4 is 10.6 Å². The van der Waals surface area contributed by atoms with Gasteiger partial charge in [0.05, 0.1) is 17.2 Å². The SMILES string of the molecule is O=C(CSc1nnc(CNC(=O)c2ccc([N+](=O)[O-])cc2)n1-c1ccc(Br)cc1)Nc1nccs1. The van der Waals surface area contributed by atoms with Crippen molar-refractivity contribution in [3.05, 3.63) is 86.1 Å². The van der Waals surface area contributed by atoms with Gasteiger partial charge in [0, 0.05) is 39.4 Å². The standard InChI is InChI=1S/C21H16BrN7O4S2/c22-14-3-7-15(8-4-14)28-17(11-24-19(31)13-1-5-16(6-2-13)29(32)33)26-27-21(28)35-12-18(30)25-20-23-9-10-34-20/h1-10H,11-12H2,(H,24,31)(H,23,25,30). The van der Waals surface area contributed by atoms with Crippen LogP contribution in [0.15, 0.2) is 69.7 Å². The second kappa shape index (κ2) is 11.2. The Bertz CT molecular complexity index is 1340. The van der Waals surface area contributed by atoms with Crippen LogP contribution in [0.1, 0.15) is 16.2 Å². The number of nitrogens with zero attached hydrogens (tertiary/aromatic N) is 5. The fourth-order valence-corrected chi connectivity index (χ4v) is 4.50. The molecule has 0 radical (unpaired) electrons. The number of carbonyl (C=O) groups is 2. The molecule has 0 spiro atoms. The topological polar surface area (TPSA) is 145 Å². The van der Waals surface area contributed by atoms with Crippen LogP contribution in [0.2, 0.25) is 0 Å². The monoisotopic (exact) mass is 573 g/mol. The van der Waals surface area contributed by atoms with E-state index < -0.39 is 10.8 Å². The lowest BCUT2D eigenvalue weighted by Crippen LogP contribution is -2.24. The second-order valence-corrected chi connectivity index (χ2v) is 9.62. The summed E-state index contributed by atoms with van der Waals surface area (Å²) in [5.74, 6) is -0.111. The Morgan fingerprint density at radius 1 is 1.11 bits per heavy atom. The van der Waals surface area contributed by atoms with Crippen LogP contribution in [-0.4, -0.2) is 42.2 Å². The van der Waals surface area contributed by atoms with Crippen molar-refractivity contribution in [2.24, 2.45) is 0 Å². The normalized spacial score (nSPS) is 10.7. The summed E-state index contributed by atoms with van der Waals surface area (Å²) >= 11 is 5.93. The molecule has 0 aliphatic rings. The molecule has 0 atom stereocenters. The summed E-state index contributed by atoms with van der Waals surface area (Å²) in [5.41, 5.74) is 0.927. The van der Waals surface area contributed by atoms with Gasteiger partial charge >= 0.3 is 0 Å². The van der Waals surface area contributed by atoms with Gasteiger partial charge in [-0.15, -0.1) is 21.5 Å². The molecular formula is C21H16BrN7O4S2. The largest absolute Gasteiger partial charge is 0.345 e. The minimum absolute atomic E-state index is 0.0464. The quantitative estimate of drug-likeness (QED) is 0.173. The van der Waals surface area contributed by atoms with Crippen molar-refractivity contribution in [1.29, 1.82) is 0 Å². The molecule has 0 aliphatic carbocycles. The first-order valence-electron chi connectivity index (χ1n) is 9.96. The van der Waals surface area contributed by atoms with Crippen LogP contribution in [0.4, 0.5) is 10.8 Å². The summed E-state index contributed by atoms with van der Waals surface area (Å²) in [6.45, 7) is 0.0464. The highest BCUT2D eigenvalue weighted by Gasteiger charge is 2.18. The Kier molecular flexibility index (Phi) is 7.84. The van der Waals surface area contributed by atoms with Gasteiger partial charge in [-0.25, -0.2) is 4.98 Å². The molecule has 2 amide bonds. The number of nitrogens with one attached hydrogen (secondary N) is 2. The summed E-state index contributed by atoms with van der Waals surface area (Å²) in [7, 11) is 0. The maximum absolute atomic E-state index is 12.6. The van der Waals surface area contributed by atoms with Gasteiger partial charge in [0.25, 0.3) is 11.6 Å². The average Bonchev–Trinajstić information content (AvgIpc) is 3.51. The van der Waals surface area contributed by atoms with Crippen molar-refractivity contribution in [3.8, 4) is 5.69 Å². The zero-order chi connectivity index (χ0) is 24.8. The number of rotatable bonds is 9. The van der Waals surface area contributed by atoms with Crippen LogP contribution in [0.3, 0.4) is 0 Å². The molecule has 0 bridgehead atoms. The number of benzene rings is 2. The van der Waals surface area contributed by atoms with E-state index in [9.17, 15) is 19.7 Å². The first kappa shape index (κ1) is 24.5. The lowest BCUT2D eigenvalue weighted by atomic mass is 10.2. The molecule has 0 fully saturated rings. The number of thiazole rings is 1. The summed E-state index contributed by atoms with van der Waals surface area (Å²) < 4.78 is 2.64. The second-order valence-electron chi connectivity index (χ2n) is 6.87. The number of hydrogen-bond donors (Lipinski definition) is 2. The first-order chi connectivity index (χ1) is 16.9. The van der Waals surface area contributed by atoms with Gasteiger partial charge in [-0.3, -0.25) is 24.3 Å². The van der Waals surface area contributed by atoms with Crippen LogP contribution in [0.25, 0.3) is 5.69 Å². The molecule has 35 heavy (non-hydrogen) atoms. The van der Waals surface area contributed by atoms with Crippen molar-refractivity contribution in [3.63, 3.8) is 0 Å². The highest BCUT2D eigenvalue weighted by Crippen LogP contribution is 2.24. The Balaban J connectivity index is 1.49. The molecule has 0 aliphatic heterocycles. The van der Waals surface area contributed by atoms with Crippen molar-refractivity contribution in [2.75, 3.05) is 11.1 Å². The highest BCUT2D eigenvalue weighted by molar-refractivity contribution is 9.10. The summed E-state index contributed by atoms with van der Waals surface area (Å²) in [4.78, 5) is 39.2. The molecule has 2 aromatic heterocycles. The molecule has 0 unspecified atom stereocenters. The van der Waals surface area contributed by atoms with Crippen LogP contribution >= 0.6 is 39.0 Å². The molecule has 0 saturated heterocycles. The summed E-state index contributed by atoms with van der Waals surface area (Å²) in [6.07, 6.45) is 1.61. The molecule has 2 aromatic carbocycles. The van der Waals surface area contributed by atoms with Crippen molar-refractivity contribution >= 4 is 61.7 Å². The maximum atomic E-state index is 12.6. The number of nitro benzene ring substituents is 1. The lowest BCUT2D eigenvalue weighted by Gasteiger charge is -2.11. The third kappa shape index (κ3) is 6.29. The molecule has 4 rings (SSSR count). The number of aromatic nitrogens is 4. The van der Waals surface area contributed by atoms with E-state index in [1.807, 2.05) is 24.3 Å². The minimum Gasteiger partial charge on any atom is -0.345 e. The minimum atomic E-state index is -0.529. The summed E-state index contributed by atoms with van der Waals surface area (Å²) in [6, 6.07) is 12.7. The first-order valence-corrected chi connectivity index (χ1v) is 12.6. The number of thioether (sulfide) groups is 1. The van der Waals surface area contributed by atoms with Gasteiger partial charge in [-0.1, -0.05) is 27.7 Å². The Morgan fingerprint density at radius 3 is 2.51 bits per heavy atom. The van der Waals surface area contributed by atoms with Crippen molar-refractivity contribution in [1.82, 2.24) is 25.1 Å². The highest BCUT2D eigenvalue weighted by atomic mass is 79.9. The number of carbonyl (C=O) groups excluding carboxylic acids is 2. The number of halogens is 1. The molecule has 178 valence electrons. The lowest BCUT2D eigenvalue weighted by molar-refractivity contribution is -0.384. The molecular weight excluding hydrogens is 558 g/mol. The van der Waals surface area contributed by atoms with E-state index >= 15 is 0 Å². The fourth-order valence-electron chi connectivity index (χ4n) is 2.92. The van der Waals surface area contributed by atoms with E-state index in [-0.39, 0.29) is 29.5 Å². The zero-order valence-corrected chi connectivity index (χ0v) is 21.0. The van der Waals surface area contributed by atoms with Crippen LogP contribution in [-0.2, 0) is 11.3 Å². The van der Waals surface area contributed by atoms with E-state index in [2.05, 4.69) is 41.7 Å². The molecule has 14 heteroatoms. The Hall–Kier alpha value is -3.62. The van der Waals surface area contributed by atoms with Gasteiger partial charge in [0.2, 0.25) is 5.91 Å². The van der Waals surface area contributed by atoms with Gasteiger partial charge in [0.1, 0.15) is 0 Å². The third-order valence-corrected chi connectivity index (χ3v) is 6.69. The van der Waals surface area contributed by atoms with E-state index in [0.29, 0.717) is 16.1 Å². The van der Waals surface area contributed by atoms with Gasteiger partial charge in [-0.2, -0.15) is 0 Å². The van der Waals surface area contributed by atoms with E-state index in [0.717, 1.165) is 10.2 Å². The zero-order valence-electron chi connectivity index (χ0n) is 17.8. The molecule has 0 saturated carbocycles. The predicted octanol–water partition coefficient (Wildman–Crippen LogP) is 4.06. The Morgan fingerprint density at radius 2 is 1.86 bits per heavy atom. The molecule has 2 N–H and O–H groups in total. The predicted molar refractivity (Wildman–Crippen MR) is 135 cm³/mol. The van der Waals surface area contributed by atoms with Crippen LogP contribution in [0, 0.1) is 10.1 Å². The number of nitro groups is 1. The molecule has 11 nitrogen and oxygen atoms in total. The van der Waals surface area contributed by atoms with Crippen molar-refractivity contribution in [2.45, 2.75) is 11.7 Å². The van der Waals surface area contributed by atoms with Gasteiger partial charge < -0.3 is 10.6 Å². The fraction of sp³-hybridized carbons (Fsp3) is 0.0952. The van der Waals surface area contributed by atoms with Crippen molar-refractivity contribution < 1.29 is 14.5 Å².